The Morgan fingerprint density at radius 2 is 2.00 bits per heavy atom. The van der Waals surface area contributed by atoms with Crippen molar-refractivity contribution in [2.45, 2.75) is 37.6 Å². The van der Waals surface area contributed by atoms with E-state index in [1.165, 1.54) is 6.07 Å². The van der Waals surface area contributed by atoms with E-state index in [4.69, 9.17) is 9.84 Å². The molecule has 0 unspecified atom stereocenters. The normalized spacial score (nSPS) is 18.8. The summed E-state index contributed by atoms with van der Waals surface area (Å²) in [5, 5.41) is 14.4. The van der Waals surface area contributed by atoms with Gasteiger partial charge in [-0.05, 0) is 37.0 Å². The van der Waals surface area contributed by atoms with Gasteiger partial charge in [0.15, 0.2) is 0 Å². The van der Waals surface area contributed by atoms with Crippen molar-refractivity contribution in [1.82, 2.24) is 5.32 Å². The number of carboxylic acids is 1. The summed E-state index contributed by atoms with van der Waals surface area (Å²) < 4.78 is 19.6. The number of ether oxygens (including phenoxy) is 1. The van der Waals surface area contributed by atoms with Crippen LogP contribution in [0.3, 0.4) is 0 Å². The molecule has 2 aliphatic rings. The van der Waals surface area contributed by atoms with E-state index in [-0.39, 0.29) is 24.3 Å². The Kier molecular flexibility index (Phi) is 4.71. The van der Waals surface area contributed by atoms with Crippen LogP contribution >= 0.6 is 0 Å². The maximum Gasteiger partial charge on any atom is 0.305 e. The lowest BCUT2D eigenvalue weighted by atomic mass is 9.86. The lowest BCUT2D eigenvalue weighted by Gasteiger charge is -2.37. The average molecular weight is 350 g/mol. The number of halogens is 1. The zero-order valence-electron chi connectivity index (χ0n) is 13.6. The van der Waals surface area contributed by atoms with Crippen LogP contribution in [-0.4, -0.2) is 41.6 Å². The first-order chi connectivity index (χ1) is 11.9. The van der Waals surface area contributed by atoms with Crippen molar-refractivity contribution >= 4 is 23.5 Å². The molecule has 8 heteroatoms. The number of hydrogen-bond acceptors (Lipinski definition) is 4. The molecule has 0 spiro atoms. The fraction of sp³-hybridized carbons (Fsp3) is 0.471. The fourth-order valence-electron chi connectivity index (χ4n) is 3.28. The highest BCUT2D eigenvalue weighted by atomic mass is 19.1. The molecule has 3 rings (SSSR count). The van der Waals surface area contributed by atoms with Crippen molar-refractivity contribution in [1.29, 1.82) is 0 Å². The van der Waals surface area contributed by atoms with Crippen molar-refractivity contribution < 1.29 is 28.6 Å². The first-order valence-corrected chi connectivity index (χ1v) is 8.13. The molecule has 2 heterocycles. The third-order valence-electron chi connectivity index (χ3n) is 4.65. The zero-order valence-corrected chi connectivity index (χ0v) is 13.6. The Morgan fingerprint density at radius 3 is 2.68 bits per heavy atom. The molecule has 0 atom stereocenters. The Balaban J connectivity index is 1.84. The molecule has 1 aromatic carbocycles. The van der Waals surface area contributed by atoms with Crippen LogP contribution in [0.1, 0.15) is 41.6 Å². The number of hydrogen-bond donors (Lipinski definition) is 3. The van der Waals surface area contributed by atoms with Crippen LogP contribution in [0.4, 0.5) is 10.1 Å². The number of fused-ring (bicyclic) bond motifs is 1. The first kappa shape index (κ1) is 17.3. The predicted molar refractivity (Wildman–Crippen MR) is 85.9 cm³/mol. The fourth-order valence-corrected chi connectivity index (χ4v) is 3.28. The van der Waals surface area contributed by atoms with E-state index in [0.29, 0.717) is 43.7 Å². The smallest absolute Gasteiger partial charge is 0.305 e. The van der Waals surface area contributed by atoms with Gasteiger partial charge in [-0.25, -0.2) is 4.39 Å². The number of amides is 2. The minimum absolute atomic E-state index is 0.147. The van der Waals surface area contributed by atoms with E-state index in [0.717, 1.165) is 6.07 Å². The first-order valence-electron chi connectivity index (χ1n) is 8.13. The molecule has 3 N–H and O–H groups in total. The van der Waals surface area contributed by atoms with Gasteiger partial charge in [-0.1, -0.05) is 0 Å². The number of aryl methyl sites for hydroxylation is 1. The number of carbonyl (C=O) groups is 3. The minimum atomic E-state index is -1.03. The van der Waals surface area contributed by atoms with Crippen molar-refractivity contribution in [2.24, 2.45) is 0 Å². The zero-order chi connectivity index (χ0) is 18.0. The van der Waals surface area contributed by atoms with E-state index in [2.05, 4.69) is 10.6 Å². The maximum atomic E-state index is 14.3. The van der Waals surface area contributed by atoms with Gasteiger partial charge in [0.05, 0.1) is 17.5 Å². The molecule has 134 valence electrons. The monoisotopic (exact) mass is 350 g/mol. The summed E-state index contributed by atoms with van der Waals surface area (Å²) >= 11 is 0. The molecule has 2 aliphatic heterocycles. The number of nitrogens with one attached hydrogen (secondary N) is 2. The highest BCUT2D eigenvalue weighted by molar-refractivity contribution is 5.98. The number of anilines is 1. The Bertz CT molecular complexity index is 728. The molecule has 1 saturated heterocycles. The molecule has 25 heavy (non-hydrogen) atoms. The third-order valence-corrected chi connectivity index (χ3v) is 4.65. The van der Waals surface area contributed by atoms with Crippen LogP contribution in [0.5, 0.6) is 0 Å². The molecular weight excluding hydrogens is 331 g/mol. The van der Waals surface area contributed by atoms with E-state index < -0.39 is 23.2 Å². The largest absolute Gasteiger partial charge is 0.481 e. The van der Waals surface area contributed by atoms with Crippen molar-refractivity contribution in [3.8, 4) is 0 Å². The second-order valence-electron chi connectivity index (χ2n) is 6.45. The Morgan fingerprint density at radius 1 is 1.28 bits per heavy atom. The van der Waals surface area contributed by atoms with Crippen LogP contribution in [-0.2, 0) is 20.7 Å². The summed E-state index contributed by atoms with van der Waals surface area (Å²) in [6, 6.07) is 2.56. The van der Waals surface area contributed by atoms with Crippen LogP contribution in [0.2, 0.25) is 0 Å². The van der Waals surface area contributed by atoms with Gasteiger partial charge in [-0.3, -0.25) is 14.4 Å². The molecule has 2 amide bonds. The molecule has 0 aromatic heterocycles. The van der Waals surface area contributed by atoms with Crippen molar-refractivity contribution in [3.63, 3.8) is 0 Å². The molecule has 7 nitrogen and oxygen atoms in total. The summed E-state index contributed by atoms with van der Waals surface area (Å²) in [6.45, 7) is 0.679. The quantitative estimate of drug-likeness (QED) is 0.763. The topological polar surface area (TPSA) is 105 Å². The molecular formula is C17H19FN2O5. The van der Waals surface area contributed by atoms with E-state index in [9.17, 15) is 18.8 Å². The molecule has 0 aliphatic carbocycles. The van der Waals surface area contributed by atoms with Gasteiger partial charge < -0.3 is 20.5 Å². The van der Waals surface area contributed by atoms with E-state index in [1.807, 2.05) is 0 Å². The molecule has 0 radical (unpaired) electrons. The van der Waals surface area contributed by atoms with E-state index in [1.54, 1.807) is 0 Å². The van der Waals surface area contributed by atoms with Crippen molar-refractivity contribution in [3.05, 3.63) is 29.1 Å². The highest BCUT2D eigenvalue weighted by Gasteiger charge is 2.37. The van der Waals surface area contributed by atoms with Gasteiger partial charge in [0.1, 0.15) is 5.82 Å². The second kappa shape index (κ2) is 6.79. The van der Waals surface area contributed by atoms with E-state index >= 15 is 0 Å². The number of benzene rings is 1. The van der Waals surface area contributed by atoms with Gasteiger partial charge in [0.25, 0.3) is 5.91 Å². The van der Waals surface area contributed by atoms with Crippen LogP contribution in [0.25, 0.3) is 0 Å². The highest BCUT2D eigenvalue weighted by Crippen LogP contribution is 2.28. The number of aliphatic carboxylic acids is 1. The van der Waals surface area contributed by atoms with Gasteiger partial charge >= 0.3 is 5.97 Å². The minimum Gasteiger partial charge on any atom is -0.481 e. The SMILES string of the molecule is O=C(O)CC1(NC(=O)c2cc3c(cc2F)NC(=O)CC3)CCOCC1. The molecule has 0 bridgehead atoms. The summed E-state index contributed by atoms with van der Waals surface area (Å²) in [5.74, 6) is -2.63. The molecule has 1 aromatic rings. The predicted octanol–water partition coefficient (Wildman–Crippen LogP) is 1.46. The number of carbonyl (C=O) groups excluding carboxylic acids is 2. The molecule has 1 fully saturated rings. The summed E-state index contributed by atoms with van der Waals surface area (Å²) in [7, 11) is 0. The van der Waals surface area contributed by atoms with Gasteiger partial charge in [-0.15, -0.1) is 0 Å². The molecule has 0 saturated carbocycles. The standard InChI is InChI=1S/C17H19FN2O5/c18-12-8-13-10(1-2-14(21)19-13)7-11(12)16(24)20-17(9-15(22)23)3-5-25-6-4-17/h7-8H,1-6,9H2,(H,19,21)(H,20,24)(H,22,23). The Hall–Kier alpha value is -2.48. The second-order valence-corrected chi connectivity index (χ2v) is 6.45. The van der Waals surface area contributed by atoms with Gasteiger partial charge in [-0.2, -0.15) is 0 Å². The number of rotatable bonds is 4. The van der Waals surface area contributed by atoms with Crippen LogP contribution in [0.15, 0.2) is 12.1 Å². The van der Waals surface area contributed by atoms with Crippen LogP contribution in [0, 0.1) is 5.82 Å². The summed E-state index contributed by atoms with van der Waals surface area (Å²) in [6.07, 6.45) is 1.17. The van der Waals surface area contributed by atoms with Crippen LogP contribution < -0.4 is 10.6 Å². The summed E-state index contributed by atoms with van der Waals surface area (Å²) in [4.78, 5) is 35.2. The lowest BCUT2D eigenvalue weighted by Crippen LogP contribution is -2.53. The summed E-state index contributed by atoms with van der Waals surface area (Å²) in [5.41, 5.74) is -0.0363. The van der Waals surface area contributed by atoms with Crippen molar-refractivity contribution in [2.75, 3.05) is 18.5 Å². The third kappa shape index (κ3) is 3.79. The average Bonchev–Trinajstić information content (AvgIpc) is 2.53. The maximum absolute atomic E-state index is 14.3. The lowest BCUT2D eigenvalue weighted by molar-refractivity contribution is -0.139. The van der Waals surface area contributed by atoms with Gasteiger partial charge in [0, 0.05) is 25.3 Å². The van der Waals surface area contributed by atoms with Gasteiger partial charge in [0.2, 0.25) is 5.91 Å². The Labute approximate surface area is 143 Å². The number of carboxylic acid groups (broad SMARTS) is 1.